The van der Waals surface area contributed by atoms with Crippen molar-refractivity contribution >= 4 is 0 Å². The van der Waals surface area contributed by atoms with Crippen LogP contribution in [0.2, 0.25) is 0 Å². The number of aliphatic hydroxyl groups is 1. The number of fused-ring (bicyclic) bond motifs is 5. The molecule has 0 amide bonds. The van der Waals surface area contributed by atoms with Gasteiger partial charge in [0.1, 0.15) is 0 Å². The molecule has 4 saturated carbocycles. The fourth-order valence-electron chi connectivity index (χ4n) is 7.45. The maximum atomic E-state index is 10.1. The topological polar surface area (TPSA) is 44.0 Å². The van der Waals surface area contributed by atoms with E-state index in [-0.39, 0.29) is 6.10 Å². The normalized spacial score (nSPS) is 57.4. The molecule has 0 unspecified atom stereocenters. The molecule has 122 valence electrons. The van der Waals surface area contributed by atoms with E-state index in [1.165, 1.54) is 38.5 Å². The van der Waals surface area contributed by atoms with Crippen molar-refractivity contribution < 1.29 is 5.11 Å². The molecule has 4 rings (SSSR count). The van der Waals surface area contributed by atoms with E-state index in [0.29, 0.717) is 16.7 Å². The zero-order valence-electron chi connectivity index (χ0n) is 14.2. The van der Waals surface area contributed by atoms with Gasteiger partial charge in [-0.05, 0) is 92.3 Å². The fraction of sp³-hybridized carbons (Fsp3) is 0.950. The molecule has 0 aromatic carbocycles. The first-order valence-corrected chi connectivity index (χ1v) is 9.56. The Balaban J connectivity index is 1.62. The number of hydrogen-bond acceptors (Lipinski definition) is 2. The van der Waals surface area contributed by atoms with Crippen LogP contribution in [-0.4, -0.2) is 11.2 Å². The summed E-state index contributed by atoms with van der Waals surface area (Å²) < 4.78 is 0. The summed E-state index contributed by atoms with van der Waals surface area (Å²) >= 11 is 0. The van der Waals surface area contributed by atoms with Gasteiger partial charge in [-0.3, -0.25) is 0 Å². The van der Waals surface area contributed by atoms with E-state index in [0.717, 1.165) is 42.9 Å². The highest BCUT2D eigenvalue weighted by Gasteiger charge is 2.60. The van der Waals surface area contributed by atoms with Gasteiger partial charge in [0.05, 0.1) is 18.1 Å². The number of hydrogen-bond donors (Lipinski definition) is 1. The standard InChI is InChI=1S/C20H31NO/c1-19-9-7-15(22)11-13(19)3-5-16-17-6-4-14(12-21)20(17,2)10-8-18(16)19/h13-18,22H,3-11H2,1-2H3/t13-,14-,15+,16+,17+,18+,19+,20-/m1/s1. The number of aliphatic hydroxyl groups excluding tert-OH is 1. The van der Waals surface area contributed by atoms with E-state index >= 15 is 0 Å². The minimum absolute atomic E-state index is 0.0436. The molecule has 4 aliphatic carbocycles. The molecule has 0 bridgehead atoms. The van der Waals surface area contributed by atoms with Crippen molar-refractivity contribution in [3.63, 3.8) is 0 Å². The Kier molecular flexibility index (Phi) is 3.39. The van der Waals surface area contributed by atoms with Gasteiger partial charge in [0.2, 0.25) is 0 Å². The van der Waals surface area contributed by atoms with Crippen molar-refractivity contribution in [3.05, 3.63) is 0 Å². The monoisotopic (exact) mass is 301 g/mol. The van der Waals surface area contributed by atoms with E-state index < -0.39 is 0 Å². The lowest BCUT2D eigenvalue weighted by Crippen LogP contribution is -2.53. The summed E-state index contributed by atoms with van der Waals surface area (Å²) in [7, 11) is 0. The highest BCUT2D eigenvalue weighted by Crippen LogP contribution is 2.67. The van der Waals surface area contributed by atoms with Crippen molar-refractivity contribution in [2.24, 2.45) is 40.4 Å². The third kappa shape index (κ3) is 1.87. The van der Waals surface area contributed by atoms with Crippen molar-refractivity contribution in [3.8, 4) is 6.07 Å². The van der Waals surface area contributed by atoms with Crippen LogP contribution in [0.5, 0.6) is 0 Å². The Morgan fingerprint density at radius 1 is 0.909 bits per heavy atom. The molecule has 2 heteroatoms. The van der Waals surface area contributed by atoms with Gasteiger partial charge in [-0.1, -0.05) is 13.8 Å². The number of nitrogens with zero attached hydrogens (tertiary/aromatic N) is 1. The van der Waals surface area contributed by atoms with Crippen LogP contribution in [0.3, 0.4) is 0 Å². The predicted octanol–water partition coefficient (Wildman–Crippen LogP) is 4.53. The summed E-state index contributed by atoms with van der Waals surface area (Å²) in [6.07, 6.45) is 10.9. The maximum Gasteiger partial charge on any atom is 0.0661 e. The van der Waals surface area contributed by atoms with Crippen LogP contribution in [0, 0.1) is 51.8 Å². The summed E-state index contributed by atoms with van der Waals surface area (Å²) in [5, 5.41) is 19.6. The average Bonchev–Trinajstić information content (AvgIpc) is 2.84. The quantitative estimate of drug-likeness (QED) is 0.714. The second kappa shape index (κ2) is 4.97. The van der Waals surface area contributed by atoms with Gasteiger partial charge >= 0.3 is 0 Å². The molecule has 0 aliphatic heterocycles. The van der Waals surface area contributed by atoms with Crippen LogP contribution in [-0.2, 0) is 0 Å². The number of nitriles is 1. The van der Waals surface area contributed by atoms with Crippen LogP contribution in [0.4, 0.5) is 0 Å². The molecule has 8 atom stereocenters. The predicted molar refractivity (Wildman–Crippen MR) is 86.8 cm³/mol. The maximum absolute atomic E-state index is 10.1. The molecule has 22 heavy (non-hydrogen) atoms. The fourth-order valence-corrected chi connectivity index (χ4v) is 7.45. The second-order valence-corrected chi connectivity index (χ2v) is 9.39. The molecule has 0 aromatic heterocycles. The molecule has 0 radical (unpaired) electrons. The third-order valence-corrected chi connectivity index (χ3v) is 8.79. The Morgan fingerprint density at radius 2 is 1.64 bits per heavy atom. The van der Waals surface area contributed by atoms with E-state index in [9.17, 15) is 10.4 Å². The number of rotatable bonds is 0. The highest BCUT2D eigenvalue weighted by molar-refractivity contribution is 5.12. The Morgan fingerprint density at radius 3 is 2.41 bits per heavy atom. The average molecular weight is 301 g/mol. The molecule has 0 heterocycles. The van der Waals surface area contributed by atoms with Gasteiger partial charge in [0.15, 0.2) is 0 Å². The van der Waals surface area contributed by atoms with Gasteiger partial charge in [0.25, 0.3) is 0 Å². The summed E-state index contributed by atoms with van der Waals surface area (Å²) in [5.41, 5.74) is 0.765. The summed E-state index contributed by atoms with van der Waals surface area (Å²) in [5.74, 6) is 3.55. The molecule has 2 nitrogen and oxygen atoms in total. The summed E-state index contributed by atoms with van der Waals surface area (Å²) in [4.78, 5) is 0. The van der Waals surface area contributed by atoms with Crippen LogP contribution < -0.4 is 0 Å². The van der Waals surface area contributed by atoms with Gasteiger partial charge in [-0.15, -0.1) is 0 Å². The van der Waals surface area contributed by atoms with E-state index in [4.69, 9.17) is 0 Å². The summed E-state index contributed by atoms with van der Waals surface area (Å²) in [6.45, 7) is 4.97. The molecule has 0 aromatic rings. The van der Waals surface area contributed by atoms with Crippen LogP contribution in [0.1, 0.15) is 71.6 Å². The molecule has 0 saturated heterocycles. The minimum atomic E-state index is -0.0436. The zero-order chi connectivity index (χ0) is 15.5. The molecule has 0 spiro atoms. The zero-order valence-corrected chi connectivity index (χ0v) is 14.2. The van der Waals surface area contributed by atoms with Crippen molar-refractivity contribution in [2.75, 3.05) is 0 Å². The van der Waals surface area contributed by atoms with Gasteiger partial charge in [-0.25, -0.2) is 0 Å². The smallest absolute Gasteiger partial charge is 0.0661 e. The van der Waals surface area contributed by atoms with Gasteiger partial charge in [0, 0.05) is 0 Å². The molecular weight excluding hydrogens is 270 g/mol. The van der Waals surface area contributed by atoms with Crippen LogP contribution in [0.15, 0.2) is 0 Å². The van der Waals surface area contributed by atoms with Crippen LogP contribution in [0.25, 0.3) is 0 Å². The summed E-state index contributed by atoms with van der Waals surface area (Å²) in [6, 6.07) is 2.64. The third-order valence-electron chi connectivity index (χ3n) is 8.79. The molecule has 4 fully saturated rings. The Bertz CT molecular complexity index is 496. The Hall–Kier alpha value is -0.550. The van der Waals surface area contributed by atoms with E-state index in [1.807, 2.05) is 0 Å². The van der Waals surface area contributed by atoms with Gasteiger partial charge in [-0.2, -0.15) is 5.26 Å². The lowest BCUT2D eigenvalue weighted by atomic mass is 9.45. The lowest BCUT2D eigenvalue weighted by molar-refractivity contribution is -0.124. The lowest BCUT2D eigenvalue weighted by Gasteiger charge is -2.60. The van der Waals surface area contributed by atoms with Crippen molar-refractivity contribution in [1.82, 2.24) is 0 Å². The molecular formula is C20H31NO. The highest BCUT2D eigenvalue weighted by atomic mass is 16.3. The van der Waals surface area contributed by atoms with E-state index in [1.54, 1.807) is 0 Å². The van der Waals surface area contributed by atoms with E-state index in [2.05, 4.69) is 19.9 Å². The first kappa shape index (κ1) is 15.0. The SMILES string of the molecule is C[C@]12CC[C@H](O)C[C@H]1CC[C@@H]1[C@@H]2CC[C@]2(C)[C@@H](C#N)CC[C@@H]12. The minimum Gasteiger partial charge on any atom is -0.393 e. The molecule has 4 aliphatic rings. The first-order valence-electron chi connectivity index (χ1n) is 9.56. The Labute approximate surface area is 135 Å². The second-order valence-electron chi connectivity index (χ2n) is 9.39. The molecule has 1 N–H and O–H groups in total. The largest absolute Gasteiger partial charge is 0.393 e. The van der Waals surface area contributed by atoms with Crippen LogP contribution >= 0.6 is 0 Å². The van der Waals surface area contributed by atoms with Crippen molar-refractivity contribution in [2.45, 2.75) is 77.7 Å². The van der Waals surface area contributed by atoms with Crippen molar-refractivity contribution in [1.29, 1.82) is 5.26 Å². The first-order chi connectivity index (χ1) is 10.5. The van der Waals surface area contributed by atoms with Gasteiger partial charge < -0.3 is 5.11 Å².